The first kappa shape index (κ1) is 14.3. The lowest BCUT2D eigenvalue weighted by molar-refractivity contribution is 0.176. The van der Waals surface area contributed by atoms with Crippen molar-refractivity contribution in [2.75, 3.05) is 19.8 Å². The van der Waals surface area contributed by atoms with Crippen molar-refractivity contribution in [3.8, 4) is 0 Å². The van der Waals surface area contributed by atoms with Gasteiger partial charge in [0, 0.05) is 0 Å². The van der Waals surface area contributed by atoms with Crippen LogP contribution in [0.1, 0.15) is 20.8 Å². The molecule has 0 radical (unpaired) electrons. The van der Waals surface area contributed by atoms with Crippen LogP contribution < -0.4 is 0 Å². The van der Waals surface area contributed by atoms with Crippen molar-refractivity contribution in [1.29, 1.82) is 0 Å². The van der Waals surface area contributed by atoms with E-state index in [0.29, 0.717) is 19.8 Å². The highest BCUT2D eigenvalue weighted by atomic mass is 79.9. The van der Waals surface area contributed by atoms with Crippen LogP contribution in [0.2, 0.25) is 0 Å². The monoisotopic (exact) mass is 246 g/mol. The van der Waals surface area contributed by atoms with Crippen molar-refractivity contribution in [2.45, 2.75) is 20.8 Å². The van der Waals surface area contributed by atoms with E-state index < -0.39 is 8.60 Å². The fourth-order valence-electron chi connectivity index (χ4n) is 0.428. The van der Waals surface area contributed by atoms with Gasteiger partial charge >= 0.3 is 8.60 Å². The van der Waals surface area contributed by atoms with E-state index in [0.717, 1.165) is 0 Å². The van der Waals surface area contributed by atoms with E-state index in [1.807, 2.05) is 20.8 Å². The molecule has 0 amide bonds. The second-order valence-electron chi connectivity index (χ2n) is 1.48. The lowest BCUT2D eigenvalue weighted by atomic mass is 10.9. The van der Waals surface area contributed by atoms with Gasteiger partial charge in [-0.3, -0.25) is 0 Å². The minimum atomic E-state index is -1.06. The zero-order chi connectivity index (χ0) is 7.82. The van der Waals surface area contributed by atoms with Crippen LogP contribution in [0.3, 0.4) is 0 Å². The Morgan fingerprint density at radius 3 is 1.27 bits per heavy atom. The summed E-state index contributed by atoms with van der Waals surface area (Å²) in [4.78, 5) is 0. The van der Waals surface area contributed by atoms with Crippen molar-refractivity contribution in [1.82, 2.24) is 0 Å². The van der Waals surface area contributed by atoms with Crippen LogP contribution in [0.5, 0.6) is 0 Å². The summed E-state index contributed by atoms with van der Waals surface area (Å²) in [6.07, 6.45) is 0. The quantitative estimate of drug-likeness (QED) is 0.675. The zero-order valence-electron chi connectivity index (χ0n) is 7.20. The first-order chi connectivity index (χ1) is 4.85. The van der Waals surface area contributed by atoms with Crippen LogP contribution in [0, 0.1) is 0 Å². The van der Waals surface area contributed by atoms with Crippen LogP contribution in [-0.2, 0) is 13.6 Å². The molecule has 0 saturated carbocycles. The van der Waals surface area contributed by atoms with Gasteiger partial charge in [0.15, 0.2) is 0 Å². The minimum Gasteiger partial charge on any atom is -0.313 e. The Labute approximate surface area is 80.2 Å². The molecule has 0 aromatic carbocycles. The summed E-state index contributed by atoms with van der Waals surface area (Å²) in [5, 5.41) is 0. The third-order valence-corrected chi connectivity index (χ3v) is 2.11. The first-order valence-electron chi connectivity index (χ1n) is 3.54. The fraction of sp³-hybridized carbons (Fsp3) is 1.00. The Kier molecular flexibility index (Phi) is 14.0. The number of rotatable bonds is 6. The van der Waals surface area contributed by atoms with Crippen LogP contribution in [0.4, 0.5) is 0 Å². The van der Waals surface area contributed by atoms with Crippen molar-refractivity contribution < 1.29 is 13.6 Å². The van der Waals surface area contributed by atoms with Gasteiger partial charge in [-0.2, -0.15) is 0 Å². The second kappa shape index (κ2) is 10.8. The molecule has 0 atom stereocenters. The molecule has 0 aromatic heterocycles. The van der Waals surface area contributed by atoms with E-state index >= 15 is 0 Å². The molecule has 3 nitrogen and oxygen atoms in total. The first-order valence-corrected chi connectivity index (χ1v) is 4.63. The van der Waals surface area contributed by atoms with Crippen molar-refractivity contribution in [3.63, 3.8) is 0 Å². The van der Waals surface area contributed by atoms with E-state index in [-0.39, 0.29) is 17.0 Å². The third-order valence-electron chi connectivity index (χ3n) is 0.704. The van der Waals surface area contributed by atoms with Crippen molar-refractivity contribution in [3.05, 3.63) is 0 Å². The molecule has 0 spiro atoms. The third kappa shape index (κ3) is 8.70. The molecule has 0 unspecified atom stereocenters. The molecule has 0 bridgehead atoms. The highest BCUT2D eigenvalue weighted by molar-refractivity contribution is 8.93. The molecule has 0 aliphatic heterocycles. The summed E-state index contributed by atoms with van der Waals surface area (Å²) in [5.41, 5.74) is 0. The summed E-state index contributed by atoms with van der Waals surface area (Å²) in [7, 11) is -1.06. The number of hydrogen-bond donors (Lipinski definition) is 0. The Morgan fingerprint density at radius 2 is 1.09 bits per heavy atom. The highest BCUT2D eigenvalue weighted by Gasteiger charge is 2.07. The minimum absolute atomic E-state index is 0. The van der Waals surface area contributed by atoms with Gasteiger partial charge in [-0.15, -0.1) is 17.0 Å². The van der Waals surface area contributed by atoms with Gasteiger partial charge in [-0.25, -0.2) is 0 Å². The molecule has 0 fully saturated rings. The van der Waals surface area contributed by atoms with Gasteiger partial charge in [0.2, 0.25) is 0 Å². The summed E-state index contributed by atoms with van der Waals surface area (Å²) >= 11 is 0. The van der Waals surface area contributed by atoms with Crippen LogP contribution in [0.25, 0.3) is 0 Å². The molecular weight excluding hydrogens is 231 g/mol. The largest absolute Gasteiger partial charge is 0.332 e. The maximum atomic E-state index is 5.14. The molecule has 0 aliphatic carbocycles. The van der Waals surface area contributed by atoms with Gasteiger partial charge < -0.3 is 13.6 Å². The Balaban J connectivity index is 0. The van der Waals surface area contributed by atoms with Gasteiger partial charge in [0.25, 0.3) is 0 Å². The van der Waals surface area contributed by atoms with Crippen LogP contribution >= 0.6 is 25.6 Å². The van der Waals surface area contributed by atoms with Crippen LogP contribution in [0.15, 0.2) is 0 Å². The predicted molar refractivity (Wildman–Crippen MR) is 52.1 cm³/mol. The molecule has 0 aliphatic rings. The summed E-state index contributed by atoms with van der Waals surface area (Å²) in [6, 6.07) is 0. The Morgan fingerprint density at radius 1 is 0.818 bits per heavy atom. The van der Waals surface area contributed by atoms with E-state index in [9.17, 15) is 0 Å². The SMILES string of the molecule is Br.CCOP(OCC)OCC. The fourth-order valence-corrected chi connectivity index (χ4v) is 1.28. The van der Waals surface area contributed by atoms with Crippen molar-refractivity contribution in [2.24, 2.45) is 0 Å². The molecule has 11 heavy (non-hydrogen) atoms. The molecule has 0 heterocycles. The van der Waals surface area contributed by atoms with Crippen LogP contribution in [-0.4, -0.2) is 19.8 Å². The molecule has 5 heteroatoms. The standard InChI is InChI=1S/C6H15O3P.BrH/c1-4-7-10(8-5-2)9-6-3;/h4-6H2,1-3H3;1H. The molecular formula is C6H16BrO3P. The van der Waals surface area contributed by atoms with Crippen molar-refractivity contribution >= 4 is 25.6 Å². The molecule has 0 saturated heterocycles. The number of halogens is 1. The zero-order valence-corrected chi connectivity index (χ0v) is 9.81. The van der Waals surface area contributed by atoms with E-state index in [4.69, 9.17) is 13.6 Å². The maximum absolute atomic E-state index is 5.14. The average Bonchev–Trinajstić information content (AvgIpc) is 1.90. The molecule has 0 aromatic rings. The smallest absolute Gasteiger partial charge is 0.313 e. The molecule has 0 N–H and O–H groups in total. The molecule has 70 valence electrons. The van der Waals surface area contributed by atoms with Gasteiger partial charge in [-0.1, -0.05) is 0 Å². The number of hydrogen-bond acceptors (Lipinski definition) is 3. The summed E-state index contributed by atoms with van der Waals surface area (Å²) in [6.45, 7) is 7.71. The Bertz CT molecular complexity index is 60.6. The average molecular weight is 247 g/mol. The van der Waals surface area contributed by atoms with E-state index in [2.05, 4.69) is 0 Å². The second-order valence-corrected chi connectivity index (χ2v) is 2.70. The summed E-state index contributed by atoms with van der Waals surface area (Å²) in [5.74, 6) is 0. The van der Waals surface area contributed by atoms with Gasteiger partial charge in [-0.05, 0) is 20.8 Å². The summed E-state index contributed by atoms with van der Waals surface area (Å²) < 4.78 is 15.4. The molecule has 0 rings (SSSR count). The van der Waals surface area contributed by atoms with Gasteiger partial charge in [0.05, 0.1) is 19.8 Å². The highest BCUT2D eigenvalue weighted by Crippen LogP contribution is 2.38. The van der Waals surface area contributed by atoms with E-state index in [1.54, 1.807) is 0 Å². The predicted octanol–water partition coefficient (Wildman–Crippen LogP) is 2.90. The Hall–Kier alpha value is 0.790. The normalized spacial score (nSPS) is 9.82. The van der Waals surface area contributed by atoms with E-state index in [1.165, 1.54) is 0 Å². The maximum Gasteiger partial charge on any atom is 0.332 e. The lowest BCUT2D eigenvalue weighted by Crippen LogP contribution is -1.94. The topological polar surface area (TPSA) is 27.7 Å². The lowest BCUT2D eigenvalue weighted by Gasteiger charge is -2.12. The van der Waals surface area contributed by atoms with Gasteiger partial charge in [0.1, 0.15) is 0 Å².